The molecule has 21 heavy (non-hydrogen) atoms. The van der Waals surface area contributed by atoms with Crippen LogP contribution >= 0.6 is 11.6 Å². The van der Waals surface area contributed by atoms with Crippen LogP contribution in [0.1, 0.15) is 35.8 Å². The minimum absolute atomic E-state index is 0.0327. The Morgan fingerprint density at radius 2 is 1.52 bits per heavy atom. The van der Waals surface area contributed by atoms with Crippen molar-refractivity contribution in [3.8, 4) is 0 Å². The minimum Gasteiger partial charge on any atom is -0.354 e. The molecule has 0 radical (unpaired) electrons. The molecule has 0 aliphatic carbocycles. The number of carbonyl (C=O) groups is 1. The largest absolute Gasteiger partial charge is 0.354 e. The average Bonchev–Trinajstić information content (AvgIpc) is 2.55. The normalized spacial score (nSPS) is 13.4. The predicted molar refractivity (Wildman–Crippen MR) is 87.5 cm³/mol. The van der Waals surface area contributed by atoms with E-state index in [4.69, 9.17) is 11.6 Å². The van der Waals surface area contributed by atoms with Crippen molar-refractivity contribution >= 4 is 17.5 Å². The molecule has 2 aromatic rings. The van der Waals surface area contributed by atoms with Crippen LogP contribution in [0.25, 0.3) is 0 Å². The highest BCUT2D eigenvalue weighted by molar-refractivity contribution is 6.21. The molecular weight excluding hydrogens is 282 g/mol. The van der Waals surface area contributed by atoms with Gasteiger partial charge < -0.3 is 5.32 Å². The van der Waals surface area contributed by atoms with E-state index in [1.165, 1.54) is 0 Å². The second-order valence-corrected chi connectivity index (χ2v) is 5.52. The van der Waals surface area contributed by atoms with Crippen molar-refractivity contribution in [2.75, 3.05) is 6.54 Å². The van der Waals surface area contributed by atoms with E-state index in [-0.39, 0.29) is 17.2 Å². The molecule has 0 fully saturated rings. The molecule has 1 amide bonds. The smallest absolute Gasteiger partial charge is 0.227 e. The molecule has 0 aliphatic rings. The molecule has 2 nitrogen and oxygen atoms in total. The number of amides is 1. The average molecular weight is 302 g/mol. The summed E-state index contributed by atoms with van der Waals surface area (Å²) in [7, 11) is 0. The first-order chi connectivity index (χ1) is 10.2. The number of carbonyl (C=O) groups excluding carboxylic acids is 1. The third-order valence-electron chi connectivity index (χ3n) is 3.54. The van der Waals surface area contributed by atoms with Crippen LogP contribution in [0.5, 0.6) is 0 Å². The van der Waals surface area contributed by atoms with E-state index in [0.717, 1.165) is 17.5 Å². The summed E-state index contributed by atoms with van der Waals surface area (Å²) < 4.78 is 0. The molecule has 0 aromatic heterocycles. The number of nitrogens with one attached hydrogen (secondary N) is 1. The molecule has 0 saturated carbocycles. The van der Waals surface area contributed by atoms with Gasteiger partial charge in [0.25, 0.3) is 0 Å². The van der Waals surface area contributed by atoms with Gasteiger partial charge in [-0.3, -0.25) is 4.79 Å². The summed E-state index contributed by atoms with van der Waals surface area (Å²) in [6, 6.07) is 19.6. The minimum atomic E-state index is -0.205. The van der Waals surface area contributed by atoms with Crippen molar-refractivity contribution < 1.29 is 4.79 Å². The number of halogens is 1. The second-order valence-electron chi connectivity index (χ2n) is 4.99. The van der Waals surface area contributed by atoms with Crippen LogP contribution < -0.4 is 5.32 Å². The molecule has 110 valence electrons. The SMILES string of the molecule is CCC(C(=O)NCC(Cl)c1ccccc1)c1ccccc1. The van der Waals surface area contributed by atoms with Crippen LogP contribution in [0.2, 0.25) is 0 Å². The van der Waals surface area contributed by atoms with Gasteiger partial charge in [-0.1, -0.05) is 67.6 Å². The number of alkyl halides is 1. The van der Waals surface area contributed by atoms with E-state index in [1.807, 2.05) is 67.6 Å². The zero-order chi connectivity index (χ0) is 15.1. The summed E-state index contributed by atoms with van der Waals surface area (Å²) in [4.78, 5) is 12.3. The van der Waals surface area contributed by atoms with E-state index in [2.05, 4.69) is 5.32 Å². The lowest BCUT2D eigenvalue weighted by atomic mass is 9.95. The van der Waals surface area contributed by atoms with Crippen LogP contribution in [0.15, 0.2) is 60.7 Å². The van der Waals surface area contributed by atoms with Crippen molar-refractivity contribution in [2.45, 2.75) is 24.6 Å². The topological polar surface area (TPSA) is 29.1 Å². The zero-order valence-corrected chi connectivity index (χ0v) is 12.9. The first kappa shape index (κ1) is 15.6. The number of benzene rings is 2. The standard InChI is InChI=1S/C18H20ClNO/c1-2-16(14-9-5-3-6-10-14)18(21)20-13-17(19)15-11-7-4-8-12-15/h3-12,16-17H,2,13H2,1H3,(H,20,21). The van der Waals surface area contributed by atoms with Crippen molar-refractivity contribution in [3.63, 3.8) is 0 Å². The van der Waals surface area contributed by atoms with Gasteiger partial charge in [-0.15, -0.1) is 11.6 Å². The first-order valence-corrected chi connectivity index (χ1v) is 7.67. The Balaban J connectivity index is 1.94. The van der Waals surface area contributed by atoms with Gasteiger partial charge in [0.2, 0.25) is 5.91 Å². The fourth-order valence-electron chi connectivity index (χ4n) is 2.35. The molecule has 2 aromatic carbocycles. The lowest BCUT2D eigenvalue weighted by Crippen LogP contribution is -2.31. The van der Waals surface area contributed by atoms with E-state index in [9.17, 15) is 4.79 Å². The molecule has 1 N–H and O–H groups in total. The maximum absolute atomic E-state index is 12.3. The highest BCUT2D eigenvalue weighted by Crippen LogP contribution is 2.21. The Morgan fingerprint density at radius 3 is 2.05 bits per heavy atom. The lowest BCUT2D eigenvalue weighted by Gasteiger charge is -2.17. The molecule has 0 aliphatic heterocycles. The van der Waals surface area contributed by atoms with Gasteiger partial charge in [0.1, 0.15) is 0 Å². The maximum Gasteiger partial charge on any atom is 0.227 e. The van der Waals surface area contributed by atoms with Crippen molar-refractivity contribution in [3.05, 3.63) is 71.8 Å². The van der Waals surface area contributed by atoms with Gasteiger partial charge in [-0.25, -0.2) is 0 Å². The van der Waals surface area contributed by atoms with E-state index in [0.29, 0.717) is 6.54 Å². The molecule has 2 atom stereocenters. The third-order valence-corrected chi connectivity index (χ3v) is 3.95. The maximum atomic E-state index is 12.3. The predicted octanol–water partition coefficient (Wildman–Crippen LogP) is 4.28. The van der Waals surface area contributed by atoms with E-state index < -0.39 is 0 Å². The monoisotopic (exact) mass is 301 g/mol. The summed E-state index contributed by atoms with van der Waals surface area (Å²) in [6.07, 6.45) is 0.772. The Bertz CT molecular complexity index is 556. The molecular formula is C18H20ClNO. The van der Waals surface area contributed by atoms with Gasteiger partial charge in [0, 0.05) is 6.54 Å². The first-order valence-electron chi connectivity index (χ1n) is 7.24. The molecule has 2 rings (SSSR count). The van der Waals surface area contributed by atoms with Gasteiger partial charge in [0.05, 0.1) is 11.3 Å². The quantitative estimate of drug-likeness (QED) is 0.793. The number of rotatable bonds is 6. The summed E-state index contributed by atoms with van der Waals surface area (Å²) in [5.41, 5.74) is 2.07. The van der Waals surface area contributed by atoms with Gasteiger partial charge in [-0.2, -0.15) is 0 Å². The number of hydrogen-bond donors (Lipinski definition) is 1. The van der Waals surface area contributed by atoms with Crippen LogP contribution in [0.4, 0.5) is 0 Å². The van der Waals surface area contributed by atoms with Crippen LogP contribution in [-0.4, -0.2) is 12.5 Å². The van der Waals surface area contributed by atoms with Crippen molar-refractivity contribution in [1.82, 2.24) is 5.32 Å². The molecule has 3 heteroatoms. The van der Waals surface area contributed by atoms with E-state index in [1.54, 1.807) is 0 Å². The van der Waals surface area contributed by atoms with Gasteiger partial charge in [-0.05, 0) is 17.5 Å². The van der Waals surface area contributed by atoms with E-state index >= 15 is 0 Å². The lowest BCUT2D eigenvalue weighted by molar-refractivity contribution is -0.122. The van der Waals surface area contributed by atoms with Crippen LogP contribution in [0, 0.1) is 0 Å². The Hall–Kier alpha value is -1.80. The molecule has 0 saturated heterocycles. The van der Waals surface area contributed by atoms with Gasteiger partial charge in [0.15, 0.2) is 0 Å². The summed E-state index contributed by atoms with van der Waals surface area (Å²) in [6.45, 7) is 2.46. The van der Waals surface area contributed by atoms with Crippen LogP contribution in [-0.2, 0) is 4.79 Å². The molecule has 0 spiro atoms. The van der Waals surface area contributed by atoms with Crippen molar-refractivity contribution in [2.24, 2.45) is 0 Å². The molecule has 0 bridgehead atoms. The Kier molecular flexibility index (Phi) is 5.82. The summed E-state index contributed by atoms with van der Waals surface area (Å²) in [5.74, 6) is -0.0869. The highest BCUT2D eigenvalue weighted by atomic mass is 35.5. The Labute approximate surface area is 131 Å². The summed E-state index contributed by atoms with van der Waals surface area (Å²) >= 11 is 6.33. The van der Waals surface area contributed by atoms with Crippen molar-refractivity contribution in [1.29, 1.82) is 0 Å². The fraction of sp³-hybridized carbons (Fsp3) is 0.278. The second kappa shape index (κ2) is 7.84. The molecule has 2 unspecified atom stereocenters. The van der Waals surface area contributed by atoms with Gasteiger partial charge >= 0.3 is 0 Å². The van der Waals surface area contributed by atoms with Crippen LogP contribution in [0.3, 0.4) is 0 Å². The Morgan fingerprint density at radius 1 is 1.00 bits per heavy atom. The number of hydrogen-bond acceptors (Lipinski definition) is 1. The highest BCUT2D eigenvalue weighted by Gasteiger charge is 2.19. The fourth-order valence-corrected chi connectivity index (χ4v) is 2.57. The summed E-state index contributed by atoms with van der Waals surface area (Å²) in [5, 5.41) is 2.75. The molecule has 0 heterocycles. The zero-order valence-electron chi connectivity index (χ0n) is 12.1. The third kappa shape index (κ3) is 4.33.